The molecule has 0 amide bonds. The van der Waals surface area contributed by atoms with Crippen molar-refractivity contribution in [2.45, 2.75) is 44.7 Å². The minimum atomic E-state index is -3.57. The lowest BCUT2D eigenvalue weighted by atomic mass is 9.78. The average molecular weight is 416 g/mol. The van der Waals surface area contributed by atoms with Gasteiger partial charge in [0, 0.05) is 50.4 Å². The molecule has 1 aromatic heterocycles. The molecule has 156 valence electrons. The van der Waals surface area contributed by atoms with E-state index < -0.39 is 10.2 Å². The predicted molar refractivity (Wildman–Crippen MR) is 114 cm³/mol. The normalized spacial score (nSPS) is 24.4. The smallest absolute Gasteiger partial charge is 0.282 e. The molecule has 0 N–H and O–H groups in total. The van der Waals surface area contributed by atoms with E-state index >= 15 is 0 Å². The van der Waals surface area contributed by atoms with Gasteiger partial charge in [-0.15, -0.1) is 0 Å². The molecule has 0 spiro atoms. The molecule has 3 heterocycles. The van der Waals surface area contributed by atoms with E-state index in [-0.39, 0.29) is 23.4 Å². The second-order valence-electron chi connectivity index (χ2n) is 8.27. The van der Waals surface area contributed by atoms with Crippen LogP contribution >= 0.6 is 0 Å². The van der Waals surface area contributed by atoms with Gasteiger partial charge in [0.1, 0.15) is 0 Å². The molecule has 0 radical (unpaired) electrons. The van der Waals surface area contributed by atoms with Crippen LogP contribution in [0.3, 0.4) is 0 Å². The molecule has 2 bridgehead atoms. The maximum Gasteiger partial charge on any atom is 0.282 e. The van der Waals surface area contributed by atoms with Crippen molar-refractivity contribution in [2.24, 2.45) is 5.92 Å². The van der Waals surface area contributed by atoms with Crippen molar-refractivity contribution >= 4 is 10.2 Å². The van der Waals surface area contributed by atoms with Crippen LogP contribution < -0.4 is 5.56 Å². The molecule has 1 aromatic carbocycles. The molecule has 2 aliphatic heterocycles. The van der Waals surface area contributed by atoms with Crippen LogP contribution in [0.1, 0.15) is 49.4 Å². The number of aromatic nitrogens is 1. The fourth-order valence-electron chi connectivity index (χ4n) is 4.97. The number of benzene rings is 1. The quantitative estimate of drug-likeness (QED) is 0.729. The minimum Gasteiger partial charge on any atom is -0.309 e. The van der Waals surface area contributed by atoms with Gasteiger partial charge >= 0.3 is 0 Å². The largest absolute Gasteiger partial charge is 0.309 e. The van der Waals surface area contributed by atoms with Gasteiger partial charge in [-0.2, -0.15) is 17.0 Å². The Hall–Kier alpha value is -1.96. The van der Waals surface area contributed by atoms with E-state index in [1.807, 2.05) is 41.0 Å². The van der Waals surface area contributed by atoms with Gasteiger partial charge in [0.05, 0.1) is 0 Å². The molecule has 4 rings (SSSR count). The number of nitrogens with zero attached hydrogens (tertiary/aromatic N) is 3. The Labute approximate surface area is 172 Å². The average Bonchev–Trinajstić information content (AvgIpc) is 2.72. The Kier molecular flexibility index (Phi) is 5.64. The van der Waals surface area contributed by atoms with Crippen molar-refractivity contribution in [1.29, 1.82) is 0 Å². The summed E-state index contributed by atoms with van der Waals surface area (Å²) < 4.78 is 31.7. The van der Waals surface area contributed by atoms with Gasteiger partial charge in [0.25, 0.3) is 15.8 Å². The number of piperidine rings is 1. The van der Waals surface area contributed by atoms with E-state index in [1.165, 1.54) is 4.31 Å². The molecule has 0 aliphatic carbocycles. The molecule has 1 fully saturated rings. The maximum atomic E-state index is 13.3. The summed E-state index contributed by atoms with van der Waals surface area (Å²) in [7, 11) is -1.93. The number of pyridine rings is 1. The molecule has 0 unspecified atom stereocenters. The number of rotatable bonds is 6. The molecule has 7 heteroatoms. The highest BCUT2D eigenvalue weighted by atomic mass is 32.2. The van der Waals surface area contributed by atoms with Crippen LogP contribution in [-0.4, -0.2) is 41.7 Å². The van der Waals surface area contributed by atoms with Crippen molar-refractivity contribution in [1.82, 2.24) is 13.2 Å². The van der Waals surface area contributed by atoms with E-state index in [0.717, 1.165) is 30.5 Å². The summed E-state index contributed by atoms with van der Waals surface area (Å²) in [5, 5.41) is 0. The highest BCUT2D eigenvalue weighted by Gasteiger charge is 2.44. The standard InChI is InChI=1S/C22H29N3O3S/c1-3-8-20-18-13-19(21-11-7-12-22(26)25(20)21)16-24(15-18)29(27,28)23(2)14-17-9-5-4-6-10-17/h4-7,9-12,18-20H,3,8,13-16H2,1-2H3/t18-,19+,20-/m0/s1. The monoisotopic (exact) mass is 415 g/mol. The van der Waals surface area contributed by atoms with E-state index in [2.05, 4.69) is 6.92 Å². The Morgan fingerprint density at radius 2 is 1.83 bits per heavy atom. The van der Waals surface area contributed by atoms with Gasteiger partial charge in [-0.1, -0.05) is 49.7 Å². The van der Waals surface area contributed by atoms with E-state index in [4.69, 9.17) is 0 Å². The molecule has 3 atom stereocenters. The summed E-state index contributed by atoms with van der Waals surface area (Å²) >= 11 is 0. The molecule has 2 aliphatic rings. The fraction of sp³-hybridized carbons (Fsp3) is 0.500. The SMILES string of the molecule is CCC[C@H]1[C@H]2C[C@H](CN(S(=O)(=O)N(C)Cc3ccccc3)C2)c2cccc(=O)n21. The van der Waals surface area contributed by atoms with Crippen molar-refractivity contribution in [2.75, 3.05) is 20.1 Å². The first-order valence-corrected chi connectivity index (χ1v) is 11.8. The lowest BCUT2D eigenvalue weighted by Crippen LogP contribution is -2.53. The highest BCUT2D eigenvalue weighted by Crippen LogP contribution is 2.43. The van der Waals surface area contributed by atoms with Gasteiger partial charge < -0.3 is 4.57 Å². The molecule has 6 nitrogen and oxygen atoms in total. The van der Waals surface area contributed by atoms with Crippen LogP contribution in [0.25, 0.3) is 0 Å². The van der Waals surface area contributed by atoms with Crippen LogP contribution in [0, 0.1) is 5.92 Å². The first-order chi connectivity index (χ1) is 13.9. The number of hydrogen-bond donors (Lipinski definition) is 0. The molecule has 2 aromatic rings. The predicted octanol–water partition coefficient (Wildman–Crippen LogP) is 2.99. The van der Waals surface area contributed by atoms with Crippen molar-refractivity contribution in [3.05, 3.63) is 70.1 Å². The first kappa shape index (κ1) is 20.3. The van der Waals surface area contributed by atoms with Crippen LogP contribution in [0.5, 0.6) is 0 Å². The third kappa shape index (κ3) is 3.79. The zero-order chi connectivity index (χ0) is 20.6. The number of hydrogen-bond acceptors (Lipinski definition) is 3. The molecular formula is C22H29N3O3S. The molecule has 0 saturated carbocycles. The van der Waals surface area contributed by atoms with Crippen LogP contribution in [0.15, 0.2) is 53.3 Å². The summed E-state index contributed by atoms with van der Waals surface area (Å²) in [6.07, 6.45) is 2.80. The van der Waals surface area contributed by atoms with Crippen LogP contribution in [-0.2, 0) is 16.8 Å². The van der Waals surface area contributed by atoms with Crippen LogP contribution in [0.4, 0.5) is 0 Å². The van der Waals surface area contributed by atoms with Crippen LogP contribution in [0.2, 0.25) is 0 Å². The summed E-state index contributed by atoms with van der Waals surface area (Å²) in [4.78, 5) is 12.6. The lowest BCUT2D eigenvalue weighted by molar-refractivity contribution is 0.132. The van der Waals surface area contributed by atoms with Gasteiger partial charge in [0.2, 0.25) is 0 Å². The Bertz CT molecular complexity index is 1020. The molecular weight excluding hydrogens is 386 g/mol. The molecule has 1 saturated heterocycles. The van der Waals surface area contributed by atoms with Crippen molar-refractivity contribution in [3.63, 3.8) is 0 Å². The highest BCUT2D eigenvalue weighted by molar-refractivity contribution is 7.86. The summed E-state index contributed by atoms with van der Waals surface area (Å²) in [6, 6.07) is 15.1. The summed E-state index contributed by atoms with van der Waals surface area (Å²) in [5.74, 6) is 0.233. The van der Waals surface area contributed by atoms with Gasteiger partial charge in [0.15, 0.2) is 0 Å². The number of fused-ring (bicyclic) bond motifs is 4. The fourth-order valence-corrected chi connectivity index (χ4v) is 6.43. The third-order valence-electron chi connectivity index (χ3n) is 6.32. The topological polar surface area (TPSA) is 62.6 Å². The van der Waals surface area contributed by atoms with Crippen molar-refractivity contribution < 1.29 is 8.42 Å². The third-order valence-corrected chi connectivity index (χ3v) is 8.19. The minimum absolute atomic E-state index is 0.0353. The van der Waals surface area contributed by atoms with E-state index in [0.29, 0.717) is 19.6 Å². The zero-order valence-electron chi connectivity index (χ0n) is 17.1. The second-order valence-corrected chi connectivity index (χ2v) is 10.3. The Morgan fingerprint density at radius 1 is 1.07 bits per heavy atom. The zero-order valence-corrected chi connectivity index (χ0v) is 17.9. The van der Waals surface area contributed by atoms with E-state index in [1.54, 1.807) is 23.5 Å². The summed E-state index contributed by atoms with van der Waals surface area (Å²) in [5.41, 5.74) is 1.99. The lowest BCUT2D eigenvalue weighted by Gasteiger charge is -2.47. The Balaban J connectivity index is 1.62. The van der Waals surface area contributed by atoms with E-state index in [9.17, 15) is 13.2 Å². The first-order valence-electron chi connectivity index (χ1n) is 10.4. The Morgan fingerprint density at radius 3 is 2.55 bits per heavy atom. The van der Waals surface area contributed by atoms with Gasteiger partial charge in [-0.3, -0.25) is 4.79 Å². The maximum absolute atomic E-state index is 13.3. The summed E-state index contributed by atoms with van der Waals surface area (Å²) in [6.45, 7) is 3.37. The molecule has 29 heavy (non-hydrogen) atoms. The van der Waals surface area contributed by atoms with Crippen molar-refractivity contribution in [3.8, 4) is 0 Å². The second kappa shape index (κ2) is 8.05. The van der Waals surface area contributed by atoms with Gasteiger partial charge in [-0.05, 0) is 30.4 Å². The van der Waals surface area contributed by atoms with Gasteiger partial charge in [-0.25, -0.2) is 0 Å².